The Morgan fingerprint density at radius 2 is 1.33 bits per heavy atom. The van der Waals surface area contributed by atoms with Gasteiger partial charge in [-0.05, 0) is 104 Å². The summed E-state index contributed by atoms with van der Waals surface area (Å²) in [5.41, 5.74) is 8.55. The van der Waals surface area contributed by atoms with Crippen molar-refractivity contribution in [1.82, 2.24) is 0 Å². The Morgan fingerprint density at radius 3 is 1.85 bits per heavy atom. The van der Waals surface area contributed by atoms with E-state index in [1.807, 2.05) is 12.1 Å². The van der Waals surface area contributed by atoms with Gasteiger partial charge in [-0.2, -0.15) is 0 Å². The van der Waals surface area contributed by atoms with Gasteiger partial charge >= 0.3 is 0 Å². The standard InChI is InChI=1S/C22H26N2O2S/c23-19-3-7-21(8-4-19)27(25,26)24-20-5-1-18(2-6-20)22-12-15-9-16(13-22)11-17(10-15)14-22/h1-8,15-17,24H,9-14,23H2. The van der Waals surface area contributed by atoms with Gasteiger partial charge in [0, 0.05) is 11.4 Å². The molecule has 6 rings (SSSR count). The van der Waals surface area contributed by atoms with Crippen molar-refractivity contribution >= 4 is 21.4 Å². The minimum Gasteiger partial charge on any atom is -0.399 e. The van der Waals surface area contributed by atoms with Crippen LogP contribution in [0.15, 0.2) is 53.4 Å². The fourth-order valence-electron chi connectivity index (χ4n) is 6.22. The summed E-state index contributed by atoms with van der Waals surface area (Å²) in [5, 5.41) is 0. The minimum absolute atomic E-state index is 0.224. The molecule has 2 aromatic carbocycles. The summed E-state index contributed by atoms with van der Waals surface area (Å²) in [6.07, 6.45) is 8.23. The molecule has 0 heterocycles. The molecule has 4 aliphatic carbocycles. The topological polar surface area (TPSA) is 72.2 Å². The van der Waals surface area contributed by atoms with Crippen LogP contribution < -0.4 is 10.5 Å². The Morgan fingerprint density at radius 1 is 0.815 bits per heavy atom. The van der Waals surface area contributed by atoms with E-state index in [-0.39, 0.29) is 4.90 Å². The average Bonchev–Trinajstić information content (AvgIpc) is 2.61. The fraction of sp³-hybridized carbons (Fsp3) is 0.455. The van der Waals surface area contributed by atoms with Crippen LogP contribution in [0.3, 0.4) is 0 Å². The highest BCUT2D eigenvalue weighted by Gasteiger charge is 2.51. The Labute approximate surface area is 161 Å². The van der Waals surface area contributed by atoms with Gasteiger partial charge in [-0.3, -0.25) is 4.72 Å². The Hall–Kier alpha value is -2.01. The molecule has 0 unspecified atom stereocenters. The molecule has 0 aliphatic heterocycles. The average molecular weight is 383 g/mol. The maximum atomic E-state index is 12.6. The first-order valence-corrected chi connectivity index (χ1v) is 11.4. The number of anilines is 2. The van der Waals surface area contributed by atoms with E-state index in [1.165, 1.54) is 56.2 Å². The van der Waals surface area contributed by atoms with Gasteiger partial charge in [0.2, 0.25) is 0 Å². The molecule has 2 aromatic rings. The van der Waals surface area contributed by atoms with Crippen LogP contribution in [-0.4, -0.2) is 8.42 Å². The first-order chi connectivity index (χ1) is 12.9. The number of nitrogens with two attached hydrogens (primary N) is 1. The summed E-state index contributed by atoms with van der Waals surface area (Å²) >= 11 is 0. The molecule has 142 valence electrons. The van der Waals surface area contributed by atoms with Crippen LogP contribution in [0, 0.1) is 17.8 Å². The van der Waals surface area contributed by atoms with Crippen molar-refractivity contribution in [1.29, 1.82) is 0 Å². The summed E-state index contributed by atoms with van der Waals surface area (Å²) in [4.78, 5) is 0.224. The van der Waals surface area contributed by atoms with Crippen molar-refractivity contribution in [3.05, 3.63) is 54.1 Å². The van der Waals surface area contributed by atoms with Crippen molar-refractivity contribution < 1.29 is 8.42 Å². The van der Waals surface area contributed by atoms with E-state index < -0.39 is 10.0 Å². The number of sulfonamides is 1. The SMILES string of the molecule is Nc1ccc(S(=O)(=O)Nc2ccc(C34CC5CC(CC(C5)C3)C4)cc2)cc1. The molecular formula is C22H26N2O2S. The number of rotatable bonds is 4. The van der Waals surface area contributed by atoms with E-state index in [0.29, 0.717) is 16.8 Å². The Bertz CT molecular complexity index is 914. The third-order valence-corrected chi connectivity index (χ3v) is 8.38. The highest BCUT2D eigenvalue weighted by molar-refractivity contribution is 7.92. The highest BCUT2D eigenvalue weighted by atomic mass is 32.2. The van der Waals surface area contributed by atoms with Crippen LogP contribution in [0.25, 0.3) is 0 Å². The molecule has 4 fully saturated rings. The third kappa shape index (κ3) is 3.02. The molecule has 5 heteroatoms. The molecule has 0 saturated heterocycles. The monoisotopic (exact) mass is 382 g/mol. The first kappa shape index (κ1) is 17.1. The molecular weight excluding hydrogens is 356 g/mol. The zero-order valence-electron chi connectivity index (χ0n) is 15.4. The zero-order valence-corrected chi connectivity index (χ0v) is 16.2. The molecule has 4 bridgehead atoms. The lowest BCUT2D eigenvalue weighted by atomic mass is 9.48. The van der Waals surface area contributed by atoms with Crippen molar-refractivity contribution in [3.8, 4) is 0 Å². The molecule has 4 nitrogen and oxygen atoms in total. The van der Waals surface area contributed by atoms with Crippen molar-refractivity contribution in [2.45, 2.75) is 48.8 Å². The lowest BCUT2D eigenvalue weighted by Crippen LogP contribution is -2.48. The first-order valence-electron chi connectivity index (χ1n) is 9.91. The molecule has 0 spiro atoms. The van der Waals surface area contributed by atoms with Gasteiger partial charge in [0.25, 0.3) is 10.0 Å². The summed E-state index contributed by atoms with van der Waals surface area (Å²) in [6, 6.07) is 14.4. The van der Waals surface area contributed by atoms with Crippen molar-refractivity contribution in [2.75, 3.05) is 10.5 Å². The largest absolute Gasteiger partial charge is 0.399 e. The smallest absolute Gasteiger partial charge is 0.261 e. The Balaban J connectivity index is 1.37. The number of hydrogen-bond donors (Lipinski definition) is 2. The molecule has 4 saturated carbocycles. The molecule has 3 N–H and O–H groups in total. The second kappa shape index (κ2) is 5.99. The maximum absolute atomic E-state index is 12.6. The van der Waals surface area contributed by atoms with Crippen LogP contribution in [0.5, 0.6) is 0 Å². The van der Waals surface area contributed by atoms with Crippen molar-refractivity contribution in [2.24, 2.45) is 17.8 Å². The van der Waals surface area contributed by atoms with Gasteiger partial charge in [-0.15, -0.1) is 0 Å². The van der Waals surface area contributed by atoms with Gasteiger partial charge in [-0.1, -0.05) is 12.1 Å². The molecule has 0 amide bonds. The summed E-state index contributed by atoms with van der Waals surface area (Å²) < 4.78 is 27.8. The predicted octanol–water partition coefficient (Wildman–Crippen LogP) is 4.54. The predicted molar refractivity (Wildman–Crippen MR) is 108 cm³/mol. The molecule has 0 aromatic heterocycles. The van der Waals surface area contributed by atoms with E-state index in [9.17, 15) is 8.42 Å². The maximum Gasteiger partial charge on any atom is 0.261 e. The molecule has 27 heavy (non-hydrogen) atoms. The molecule has 0 atom stereocenters. The second-order valence-corrected chi connectivity index (χ2v) is 10.6. The lowest BCUT2D eigenvalue weighted by molar-refractivity contribution is -0.00518. The third-order valence-electron chi connectivity index (χ3n) is 6.98. The van der Waals surface area contributed by atoms with Crippen LogP contribution in [0.4, 0.5) is 11.4 Å². The number of nitrogens with one attached hydrogen (secondary N) is 1. The fourth-order valence-corrected chi connectivity index (χ4v) is 7.28. The van der Waals surface area contributed by atoms with Gasteiger partial charge < -0.3 is 5.73 Å². The van der Waals surface area contributed by atoms with E-state index >= 15 is 0 Å². The quantitative estimate of drug-likeness (QED) is 0.763. The van der Waals surface area contributed by atoms with Crippen molar-refractivity contribution in [3.63, 3.8) is 0 Å². The van der Waals surface area contributed by atoms with Crippen LogP contribution in [0.1, 0.15) is 44.1 Å². The summed E-state index contributed by atoms with van der Waals surface area (Å²) in [7, 11) is -3.59. The van der Waals surface area contributed by atoms with Crippen LogP contribution in [0.2, 0.25) is 0 Å². The van der Waals surface area contributed by atoms with Gasteiger partial charge in [0.05, 0.1) is 4.90 Å². The van der Waals surface area contributed by atoms with E-state index in [2.05, 4.69) is 16.9 Å². The number of hydrogen-bond acceptors (Lipinski definition) is 3. The molecule has 0 radical (unpaired) electrons. The highest BCUT2D eigenvalue weighted by Crippen LogP contribution is 2.60. The van der Waals surface area contributed by atoms with E-state index in [1.54, 1.807) is 12.1 Å². The van der Waals surface area contributed by atoms with E-state index in [0.717, 1.165) is 17.8 Å². The lowest BCUT2D eigenvalue weighted by Gasteiger charge is -2.57. The summed E-state index contributed by atoms with van der Waals surface area (Å²) in [6.45, 7) is 0. The van der Waals surface area contributed by atoms with Gasteiger partial charge in [0.15, 0.2) is 0 Å². The van der Waals surface area contributed by atoms with Crippen LogP contribution in [-0.2, 0) is 15.4 Å². The number of benzene rings is 2. The van der Waals surface area contributed by atoms with Gasteiger partial charge in [-0.25, -0.2) is 8.42 Å². The zero-order chi connectivity index (χ0) is 18.6. The molecule has 4 aliphatic rings. The minimum atomic E-state index is -3.59. The Kier molecular flexibility index (Phi) is 3.80. The normalized spacial score (nSPS) is 31.8. The van der Waals surface area contributed by atoms with E-state index in [4.69, 9.17) is 5.73 Å². The van der Waals surface area contributed by atoms with Gasteiger partial charge in [0.1, 0.15) is 0 Å². The summed E-state index contributed by atoms with van der Waals surface area (Å²) in [5.74, 6) is 2.71. The number of nitrogen functional groups attached to an aromatic ring is 1. The van der Waals surface area contributed by atoms with Crippen LogP contribution >= 0.6 is 0 Å². The second-order valence-electron chi connectivity index (χ2n) is 8.95.